The summed E-state index contributed by atoms with van der Waals surface area (Å²) in [5.41, 5.74) is 0. The summed E-state index contributed by atoms with van der Waals surface area (Å²) in [5, 5.41) is 2.40. The van der Waals surface area contributed by atoms with Gasteiger partial charge in [-0.3, -0.25) is 4.90 Å². The maximum atomic E-state index is 11.9. The fourth-order valence-electron chi connectivity index (χ4n) is 2.38. The summed E-state index contributed by atoms with van der Waals surface area (Å²) in [6.45, 7) is 1.83. The molecule has 2 unspecified atom stereocenters. The van der Waals surface area contributed by atoms with Gasteiger partial charge in [-0.25, -0.2) is 0 Å². The zero-order valence-corrected chi connectivity index (χ0v) is 9.09. The Kier molecular flexibility index (Phi) is 3.71. The number of ether oxygens (including phenoxy) is 1. The van der Waals surface area contributed by atoms with Crippen LogP contribution >= 0.6 is 0 Å². The molecule has 2 heterocycles. The van der Waals surface area contributed by atoms with E-state index in [1.165, 1.54) is 6.42 Å². The van der Waals surface area contributed by atoms with Crippen molar-refractivity contribution in [2.75, 3.05) is 32.8 Å². The summed E-state index contributed by atoms with van der Waals surface area (Å²) < 4.78 is 41.3. The number of fused-ring (bicyclic) bond motifs is 1. The number of morpholine rings is 1. The molecule has 0 aliphatic carbocycles. The molecule has 0 aromatic rings. The summed E-state index contributed by atoms with van der Waals surface area (Å²) in [7, 11) is 0. The van der Waals surface area contributed by atoms with Gasteiger partial charge in [-0.1, -0.05) is 0 Å². The average molecular weight is 238 g/mol. The molecule has 2 rings (SSSR count). The minimum atomic E-state index is -4.13. The quantitative estimate of drug-likeness (QED) is 0.794. The molecular weight excluding hydrogens is 221 g/mol. The van der Waals surface area contributed by atoms with E-state index in [2.05, 4.69) is 10.2 Å². The van der Waals surface area contributed by atoms with Gasteiger partial charge >= 0.3 is 6.18 Å². The first-order valence-electron chi connectivity index (χ1n) is 5.68. The van der Waals surface area contributed by atoms with Crippen molar-refractivity contribution in [1.29, 1.82) is 0 Å². The van der Waals surface area contributed by atoms with Gasteiger partial charge < -0.3 is 10.1 Å². The van der Waals surface area contributed by atoms with E-state index in [4.69, 9.17) is 4.74 Å². The Morgan fingerprint density at radius 1 is 1.38 bits per heavy atom. The molecule has 0 radical (unpaired) electrons. The third-order valence-electron chi connectivity index (χ3n) is 3.16. The molecule has 0 aromatic heterocycles. The Bertz CT molecular complexity index is 235. The lowest BCUT2D eigenvalue weighted by molar-refractivity contribution is -0.127. The summed E-state index contributed by atoms with van der Waals surface area (Å²) in [6, 6.07) is 0.499. The predicted molar refractivity (Wildman–Crippen MR) is 53.3 cm³/mol. The molecule has 16 heavy (non-hydrogen) atoms. The fraction of sp³-hybridized carbons (Fsp3) is 1.00. The van der Waals surface area contributed by atoms with Gasteiger partial charge in [-0.15, -0.1) is 0 Å². The van der Waals surface area contributed by atoms with E-state index in [-0.39, 0.29) is 12.6 Å². The van der Waals surface area contributed by atoms with Crippen molar-refractivity contribution >= 4 is 0 Å². The molecule has 2 saturated heterocycles. The van der Waals surface area contributed by atoms with Gasteiger partial charge in [0.15, 0.2) is 0 Å². The average Bonchev–Trinajstić information content (AvgIpc) is 2.62. The molecule has 3 nitrogen and oxygen atoms in total. The monoisotopic (exact) mass is 238 g/mol. The van der Waals surface area contributed by atoms with Crippen molar-refractivity contribution in [3.8, 4) is 0 Å². The van der Waals surface area contributed by atoms with E-state index in [1.54, 1.807) is 0 Å². The minimum absolute atomic E-state index is 0.100. The summed E-state index contributed by atoms with van der Waals surface area (Å²) in [4.78, 5) is 2.32. The highest BCUT2D eigenvalue weighted by atomic mass is 19.4. The summed E-state index contributed by atoms with van der Waals surface area (Å²) in [6.07, 6.45) is -1.90. The lowest BCUT2D eigenvalue weighted by atomic mass is 10.2. The third kappa shape index (κ3) is 3.33. The summed E-state index contributed by atoms with van der Waals surface area (Å²) >= 11 is 0. The Morgan fingerprint density at radius 3 is 2.94 bits per heavy atom. The molecule has 2 fully saturated rings. The van der Waals surface area contributed by atoms with Crippen LogP contribution in [0.25, 0.3) is 0 Å². The molecule has 2 aliphatic heterocycles. The topological polar surface area (TPSA) is 24.5 Å². The molecule has 2 atom stereocenters. The molecule has 94 valence electrons. The van der Waals surface area contributed by atoms with Crippen LogP contribution in [0, 0.1) is 0 Å². The SMILES string of the molecule is FC(F)(F)CNCC1CN2CCCC2CO1. The van der Waals surface area contributed by atoms with Crippen LogP contribution in [0.15, 0.2) is 0 Å². The van der Waals surface area contributed by atoms with E-state index in [0.29, 0.717) is 12.6 Å². The summed E-state index contributed by atoms with van der Waals surface area (Å²) in [5.74, 6) is 0. The minimum Gasteiger partial charge on any atom is -0.374 e. The maximum Gasteiger partial charge on any atom is 0.401 e. The molecular formula is C10H17F3N2O. The first kappa shape index (κ1) is 12.1. The zero-order chi connectivity index (χ0) is 11.6. The number of nitrogens with zero attached hydrogens (tertiary/aromatic N) is 1. The van der Waals surface area contributed by atoms with E-state index >= 15 is 0 Å². The van der Waals surface area contributed by atoms with E-state index in [0.717, 1.165) is 19.5 Å². The molecule has 0 saturated carbocycles. The number of hydrogen-bond donors (Lipinski definition) is 1. The van der Waals surface area contributed by atoms with E-state index in [9.17, 15) is 13.2 Å². The van der Waals surface area contributed by atoms with Gasteiger partial charge in [0.1, 0.15) is 0 Å². The van der Waals surface area contributed by atoms with Crippen LogP contribution in [0.4, 0.5) is 13.2 Å². The van der Waals surface area contributed by atoms with Crippen molar-refractivity contribution in [1.82, 2.24) is 10.2 Å². The highest BCUT2D eigenvalue weighted by molar-refractivity contribution is 4.85. The molecule has 0 spiro atoms. The maximum absolute atomic E-state index is 11.9. The first-order chi connectivity index (χ1) is 7.54. The molecule has 2 aliphatic rings. The van der Waals surface area contributed by atoms with Gasteiger partial charge in [0.2, 0.25) is 0 Å². The lowest BCUT2D eigenvalue weighted by Gasteiger charge is -2.35. The number of nitrogens with one attached hydrogen (secondary N) is 1. The Hall–Kier alpha value is -0.330. The second-order valence-corrected chi connectivity index (χ2v) is 4.49. The number of hydrogen-bond acceptors (Lipinski definition) is 3. The fourth-order valence-corrected chi connectivity index (χ4v) is 2.38. The van der Waals surface area contributed by atoms with Crippen LogP contribution in [0.5, 0.6) is 0 Å². The highest BCUT2D eigenvalue weighted by Gasteiger charge is 2.33. The highest BCUT2D eigenvalue weighted by Crippen LogP contribution is 2.22. The molecule has 0 bridgehead atoms. The number of rotatable bonds is 3. The Morgan fingerprint density at radius 2 is 2.19 bits per heavy atom. The predicted octanol–water partition coefficient (Wildman–Crippen LogP) is 1.00. The van der Waals surface area contributed by atoms with Crippen molar-refractivity contribution in [3.05, 3.63) is 0 Å². The molecule has 1 N–H and O–H groups in total. The van der Waals surface area contributed by atoms with Gasteiger partial charge in [-0.2, -0.15) is 13.2 Å². The van der Waals surface area contributed by atoms with Crippen molar-refractivity contribution in [2.45, 2.75) is 31.2 Å². The van der Waals surface area contributed by atoms with Crippen LogP contribution < -0.4 is 5.32 Å². The van der Waals surface area contributed by atoms with Crippen LogP contribution in [-0.4, -0.2) is 56.0 Å². The lowest BCUT2D eigenvalue weighted by Crippen LogP contribution is -2.50. The normalized spacial score (nSPS) is 31.7. The number of halogens is 3. The standard InChI is InChI=1S/C10H17F3N2O/c11-10(12,13)7-14-4-9-5-15-3-1-2-8(15)6-16-9/h8-9,14H,1-7H2. The van der Waals surface area contributed by atoms with E-state index < -0.39 is 12.7 Å². The molecule has 6 heteroatoms. The van der Waals surface area contributed by atoms with Crippen molar-refractivity contribution in [3.63, 3.8) is 0 Å². The van der Waals surface area contributed by atoms with Crippen molar-refractivity contribution < 1.29 is 17.9 Å². The zero-order valence-electron chi connectivity index (χ0n) is 9.09. The first-order valence-corrected chi connectivity index (χ1v) is 5.68. The van der Waals surface area contributed by atoms with Crippen molar-refractivity contribution in [2.24, 2.45) is 0 Å². The van der Waals surface area contributed by atoms with Crippen LogP contribution in [0.2, 0.25) is 0 Å². The Labute approximate surface area is 92.9 Å². The second-order valence-electron chi connectivity index (χ2n) is 4.49. The Balaban J connectivity index is 1.67. The van der Waals surface area contributed by atoms with Crippen LogP contribution in [0.3, 0.4) is 0 Å². The largest absolute Gasteiger partial charge is 0.401 e. The van der Waals surface area contributed by atoms with Gasteiger partial charge in [0, 0.05) is 19.1 Å². The van der Waals surface area contributed by atoms with Gasteiger partial charge in [0.25, 0.3) is 0 Å². The van der Waals surface area contributed by atoms with Crippen LogP contribution in [0.1, 0.15) is 12.8 Å². The van der Waals surface area contributed by atoms with Crippen LogP contribution in [-0.2, 0) is 4.74 Å². The second kappa shape index (κ2) is 4.89. The smallest absolute Gasteiger partial charge is 0.374 e. The van der Waals surface area contributed by atoms with Gasteiger partial charge in [0.05, 0.1) is 19.3 Å². The van der Waals surface area contributed by atoms with E-state index in [1.807, 2.05) is 0 Å². The molecule has 0 aromatic carbocycles. The molecule has 0 amide bonds. The van der Waals surface area contributed by atoms with Gasteiger partial charge in [-0.05, 0) is 19.4 Å². The third-order valence-corrected chi connectivity index (χ3v) is 3.16. The number of alkyl halides is 3.